The Hall–Kier alpha value is -9.65. The Morgan fingerprint density at radius 1 is 0.211 bits per heavy atom. The van der Waals surface area contributed by atoms with Crippen LogP contribution in [0.25, 0.3) is 134 Å². The summed E-state index contributed by atoms with van der Waals surface area (Å²) in [5, 5.41) is 4.50. The second kappa shape index (κ2) is 17.8. The first kappa shape index (κ1) is 41.5. The summed E-state index contributed by atoms with van der Waals surface area (Å²) in [6.45, 7) is 0. The van der Waals surface area contributed by atoms with E-state index in [4.69, 9.17) is 29.3 Å². The number of benzene rings is 10. The highest BCUT2D eigenvalue weighted by Gasteiger charge is 2.17. The molecule has 10 aromatic carbocycles. The molecule has 0 spiro atoms. The summed E-state index contributed by atoms with van der Waals surface area (Å²) in [5.74, 6) is 2.43. The molecule has 6 nitrogen and oxygen atoms in total. The van der Waals surface area contributed by atoms with Crippen LogP contribution >= 0.6 is 0 Å². The van der Waals surface area contributed by atoms with Crippen LogP contribution in [0.5, 0.6) is 0 Å². The van der Waals surface area contributed by atoms with Crippen LogP contribution in [0.4, 0.5) is 0 Å². The van der Waals surface area contributed by atoms with Crippen LogP contribution in [-0.4, -0.2) is 24.9 Å². The van der Waals surface area contributed by atoms with Crippen LogP contribution in [0.3, 0.4) is 0 Å². The molecule has 6 heteroatoms. The molecule has 332 valence electrons. The van der Waals surface area contributed by atoms with Gasteiger partial charge in [-0.25, -0.2) is 24.9 Å². The second-order valence-corrected chi connectivity index (χ2v) is 17.7. The molecule has 0 aliphatic carbocycles. The summed E-state index contributed by atoms with van der Waals surface area (Å²) in [6, 6.07) is 85.9. The van der Waals surface area contributed by atoms with E-state index in [0.717, 1.165) is 105 Å². The molecule has 71 heavy (non-hydrogen) atoms. The highest BCUT2D eigenvalue weighted by molar-refractivity contribution is 6.10. The minimum Gasteiger partial charge on any atom is -0.456 e. The van der Waals surface area contributed by atoms with Gasteiger partial charge in [-0.05, 0) is 98.8 Å². The zero-order chi connectivity index (χ0) is 47.1. The fourth-order valence-electron chi connectivity index (χ4n) is 9.48. The standard InChI is InChI=1S/C65H41N5O/c1-4-16-42(17-5-1)45-24-13-29-53(35-45)63-68-64(54-30-14-25-46(36-54)43-18-6-2-7-19-43)70-65(69-63)55-31-15-27-48(37-55)47-26-12-28-51(34-47)58-41-59(67-62(66-58)44-20-8-3-9-21-44)52-32-33-56-57-38-49-22-10-11-23-50(49)39-61(57)71-60(56)40-52/h1-41H. The predicted octanol–water partition coefficient (Wildman–Crippen LogP) is 16.7. The van der Waals surface area contributed by atoms with Gasteiger partial charge in [-0.1, -0.05) is 194 Å². The van der Waals surface area contributed by atoms with Crippen LogP contribution in [0.2, 0.25) is 0 Å². The van der Waals surface area contributed by atoms with Crippen LogP contribution < -0.4 is 0 Å². The van der Waals surface area contributed by atoms with Gasteiger partial charge in [-0.3, -0.25) is 0 Å². The summed E-state index contributed by atoms with van der Waals surface area (Å²) >= 11 is 0. The molecule has 0 saturated heterocycles. The van der Waals surface area contributed by atoms with E-state index >= 15 is 0 Å². The molecule has 0 amide bonds. The predicted molar refractivity (Wildman–Crippen MR) is 289 cm³/mol. The largest absolute Gasteiger partial charge is 0.456 e. The van der Waals surface area contributed by atoms with Crippen molar-refractivity contribution in [3.8, 4) is 101 Å². The van der Waals surface area contributed by atoms with Crippen molar-refractivity contribution in [1.29, 1.82) is 0 Å². The Kier molecular flexibility index (Phi) is 10.4. The van der Waals surface area contributed by atoms with Gasteiger partial charge >= 0.3 is 0 Å². The van der Waals surface area contributed by atoms with E-state index in [1.807, 2.05) is 30.3 Å². The van der Waals surface area contributed by atoms with Crippen molar-refractivity contribution in [2.45, 2.75) is 0 Å². The third-order valence-electron chi connectivity index (χ3n) is 13.1. The molecule has 0 fully saturated rings. The van der Waals surface area contributed by atoms with Gasteiger partial charge in [-0.2, -0.15) is 0 Å². The highest BCUT2D eigenvalue weighted by atomic mass is 16.3. The number of aromatic nitrogens is 5. The molecule has 0 saturated carbocycles. The van der Waals surface area contributed by atoms with Gasteiger partial charge in [0.15, 0.2) is 23.3 Å². The monoisotopic (exact) mass is 907 g/mol. The van der Waals surface area contributed by atoms with Crippen molar-refractivity contribution >= 4 is 32.7 Å². The fraction of sp³-hybridized carbons (Fsp3) is 0. The van der Waals surface area contributed by atoms with Crippen molar-refractivity contribution in [2.75, 3.05) is 0 Å². The number of furan rings is 1. The molecule has 0 aliphatic rings. The number of hydrogen-bond acceptors (Lipinski definition) is 6. The molecule has 0 unspecified atom stereocenters. The van der Waals surface area contributed by atoms with Gasteiger partial charge in [0, 0.05) is 44.2 Å². The van der Waals surface area contributed by atoms with E-state index in [1.165, 1.54) is 5.39 Å². The molecule has 3 aromatic heterocycles. The Labute approximate surface area is 410 Å². The van der Waals surface area contributed by atoms with Gasteiger partial charge < -0.3 is 4.42 Å². The minimum absolute atomic E-state index is 0.584. The third-order valence-corrected chi connectivity index (χ3v) is 13.1. The minimum atomic E-state index is 0.584. The SMILES string of the molecule is c1ccc(-c2cccc(-c3nc(-c4cccc(-c5ccccc5)c4)nc(-c4cccc(-c5cccc(-c6cc(-c7ccc8c(c7)oc7cc9ccccc9cc78)nc(-c7ccccc7)n6)c5)c4)n3)c2)cc1. The lowest BCUT2D eigenvalue weighted by atomic mass is 9.98. The zero-order valence-corrected chi connectivity index (χ0v) is 38.3. The zero-order valence-electron chi connectivity index (χ0n) is 38.3. The van der Waals surface area contributed by atoms with E-state index in [-0.39, 0.29) is 0 Å². The lowest BCUT2D eigenvalue weighted by Crippen LogP contribution is -2.00. The summed E-state index contributed by atoms with van der Waals surface area (Å²) < 4.78 is 6.50. The lowest BCUT2D eigenvalue weighted by Gasteiger charge is -2.12. The molecule has 0 radical (unpaired) electrons. The molecular formula is C65H41N5O. The van der Waals surface area contributed by atoms with Crippen LogP contribution in [-0.2, 0) is 0 Å². The second-order valence-electron chi connectivity index (χ2n) is 17.7. The van der Waals surface area contributed by atoms with Crippen LogP contribution in [0.15, 0.2) is 253 Å². The van der Waals surface area contributed by atoms with E-state index in [2.05, 4.69) is 218 Å². The molecule has 13 aromatic rings. The van der Waals surface area contributed by atoms with Gasteiger partial charge in [0.1, 0.15) is 11.2 Å². The summed E-state index contributed by atoms with van der Waals surface area (Å²) in [5.41, 5.74) is 15.3. The number of hydrogen-bond donors (Lipinski definition) is 0. The molecule has 13 rings (SSSR count). The van der Waals surface area contributed by atoms with Crippen LogP contribution in [0, 0.1) is 0 Å². The molecule has 0 atom stereocenters. The first-order chi connectivity index (χ1) is 35.1. The van der Waals surface area contributed by atoms with Crippen molar-refractivity contribution in [3.05, 3.63) is 249 Å². The van der Waals surface area contributed by atoms with Crippen molar-refractivity contribution in [1.82, 2.24) is 24.9 Å². The molecule has 0 aliphatic heterocycles. The van der Waals surface area contributed by atoms with Crippen molar-refractivity contribution in [2.24, 2.45) is 0 Å². The Morgan fingerprint density at radius 3 is 1.10 bits per heavy atom. The average molecular weight is 908 g/mol. The lowest BCUT2D eigenvalue weighted by molar-refractivity contribution is 0.669. The van der Waals surface area contributed by atoms with Crippen LogP contribution in [0.1, 0.15) is 0 Å². The summed E-state index contributed by atoms with van der Waals surface area (Å²) in [4.78, 5) is 25.9. The van der Waals surface area contributed by atoms with E-state index in [9.17, 15) is 0 Å². The normalized spacial score (nSPS) is 11.4. The molecule has 0 N–H and O–H groups in total. The van der Waals surface area contributed by atoms with Gasteiger partial charge in [0.2, 0.25) is 0 Å². The third kappa shape index (κ3) is 8.19. The first-order valence-corrected chi connectivity index (χ1v) is 23.7. The maximum Gasteiger partial charge on any atom is 0.164 e. The Balaban J connectivity index is 0.895. The van der Waals surface area contributed by atoms with Crippen molar-refractivity contribution in [3.63, 3.8) is 0 Å². The molecule has 3 heterocycles. The van der Waals surface area contributed by atoms with E-state index in [1.54, 1.807) is 0 Å². The number of nitrogens with zero attached hydrogens (tertiary/aromatic N) is 5. The summed E-state index contributed by atoms with van der Waals surface area (Å²) in [7, 11) is 0. The summed E-state index contributed by atoms with van der Waals surface area (Å²) in [6.07, 6.45) is 0. The molecular weight excluding hydrogens is 867 g/mol. The van der Waals surface area contributed by atoms with Gasteiger partial charge in [0.25, 0.3) is 0 Å². The topological polar surface area (TPSA) is 77.6 Å². The number of fused-ring (bicyclic) bond motifs is 4. The van der Waals surface area contributed by atoms with E-state index < -0.39 is 0 Å². The quantitative estimate of drug-likeness (QED) is 0.144. The average Bonchev–Trinajstić information content (AvgIpc) is 3.81. The number of rotatable bonds is 9. The Morgan fingerprint density at radius 2 is 0.577 bits per heavy atom. The smallest absolute Gasteiger partial charge is 0.164 e. The van der Waals surface area contributed by atoms with E-state index in [0.29, 0.717) is 23.3 Å². The molecule has 0 bridgehead atoms. The maximum atomic E-state index is 6.50. The maximum absolute atomic E-state index is 6.50. The van der Waals surface area contributed by atoms with Gasteiger partial charge in [0.05, 0.1) is 11.4 Å². The first-order valence-electron chi connectivity index (χ1n) is 23.7. The Bertz CT molecular complexity index is 4010. The highest BCUT2D eigenvalue weighted by Crippen LogP contribution is 2.37. The van der Waals surface area contributed by atoms with Gasteiger partial charge in [-0.15, -0.1) is 0 Å². The fourth-order valence-corrected chi connectivity index (χ4v) is 9.48. The van der Waals surface area contributed by atoms with Crippen molar-refractivity contribution < 1.29 is 4.42 Å².